The summed E-state index contributed by atoms with van der Waals surface area (Å²) in [6.07, 6.45) is 2.64. The van der Waals surface area contributed by atoms with Gasteiger partial charge in [-0.1, -0.05) is 6.07 Å². The van der Waals surface area contributed by atoms with Crippen molar-refractivity contribution in [2.24, 2.45) is 0 Å². The standard InChI is InChI=1S/C10H14N4O/c1-11-6-4-8-14-10(15)13-7-3-2-5-9(13)12-14/h2-3,5,7,11H,4,6,8H2,1H3. The van der Waals surface area contributed by atoms with E-state index in [0.29, 0.717) is 12.2 Å². The first-order valence-electron chi connectivity index (χ1n) is 5.02. The molecule has 0 aromatic carbocycles. The predicted octanol–water partition coefficient (Wildman–Crippen LogP) is 0.105. The number of aryl methyl sites for hydroxylation is 1. The van der Waals surface area contributed by atoms with Crippen molar-refractivity contribution in [3.63, 3.8) is 0 Å². The van der Waals surface area contributed by atoms with Gasteiger partial charge in [0.15, 0.2) is 5.65 Å². The van der Waals surface area contributed by atoms with Crippen molar-refractivity contribution in [2.75, 3.05) is 13.6 Å². The van der Waals surface area contributed by atoms with Crippen molar-refractivity contribution in [1.29, 1.82) is 0 Å². The van der Waals surface area contributed by atoms with Gasteiger partial charge >= 0.3 is 5.69 Å². The fourth-order valence-electron chi connectivity index (χ4n) is 1.52. The van der Waals surface area contributed by atoms with E-state index in [1.807, 2.05) is 25.2 Å². The Labute approximate surface area is 87.3 Å². The summed E-state index contributed by atoms with van der Waals surface area (Å²) < 4.78 is 3.06. The van der Waals surface area contributed by atoms with E-state index >= 15 is 0 Å². The number of nitrogens with zero attached hydrogens (tertiary/aromatic N) is 3. The van der Waals surface area contributed by atoms with Gasteiger partial charge < -0.3 is 5.32 Å². The highest BCUT2D eigenvalue weighted by atomic mass is 16.2. The van der Waals surface area contributed by atoms with Crippen LogP contribution >= 0.6 is 0 Å². The lowest BCUT2D eigenvalue weighted by Crippen LogP contribution is -2.22. The van der Waals surface area contributed by atoms with Gasteiger partial charge in [0.1, 0.15) is 0 Å². The van der Waals surface area contributed by atoms with Crippen molar-refractivity contribution >= 4 is 5.65 Å². The van der Waals surface area contributed by atoms with Gasteiger partial charge in [0.25, 0.3) is 0 Å². The molecule has 0 bridgehead atoms. The number of fused-ring (bicyclic) bond motifs is 1. The van der Waals surface area contributed by atoms with Gasteiger partial charge in [0.05, 0.1) is 0 Å². The molecule has 0 aliphatic rings. The van der Waals surface area contributed by atoms with E-state index < -0.39 is 0 Å². The second-order valence-electron chi connectivity index (χ2n) is 3.39. The van der Waals surface area contributed by atoms with Crippen molar-refractivity contribution in [3.8, 4) is 0 Å². The Kier molecular flexibility index (Phi) is 2.82. The predicted molar refractivity (Wildman–Crippen MR) is 58.0 cm³/mol. The molecular formula is C10H14N4O. The lowest BCUT2D eigenvalue weighted by molar-refractivity contribution is 0.547. The molecule has 0 aliphatic carbocycles. The first-order valence-corrected chi connectivity index (χ1v) is 5.02. The minimum absolute atomic E-state index is 0.0679. The van der Waals surface area contributed by atoms with Gasteiger partial charge in [-0.2, -0.15) is 0 Å². The number of rotatable bonds is 4. The second-order valence-corrected chi connectivity index (χ2v) is 3.39. The molecule has 2 aromatic heterocycles. The zero-order chi connectivity index (χ0) is 10.7. The van der Waals surface area contributed by atoms with Crippen molar-refractivity contribution in [1.82, 2.24) is 19.5 Å². The monoisotopic (exact) mass is 206 g/mol. The average molecular weight is 206 g/mol. The van der Waals surface area contributed by atoms with Crippen LogP contribution in [0, 0.1) is 0 Å². The number of hydrogen-bond donors (Lipinski definition) is 1. The molecule has 5 nitrogen and oxygen atoms in total. The van der Waals surface area contributed by atoms with Crippen molar-refractivity contribution < 1.29 is 0 Å². The van der Waals surface area contributed by atoms with Crippen LogP contribution in [0.15, 0.2) is 29.2 Å². The van der Waals surface area contributed by atoms with Gasteiger partial charge in [-0.05, 0) is 32.1 Å². The third kappa shape index (κ3) is 1.92. The first kappa shape index (κ1) is 9.92. The van der Waals surface area contributed by atoms with Crippen LogP contribution in [0.4, 0.5) is 0 Å². The van der Waals surface area contributed by atoms with Crippen LogP contribution in [-0.2, 0) is 6.54 Å². The Hall–Kier alpha value is -1.62. The summed E-state index contributed by atoms with van der Waals surface area (Å²) >= 11 is 0. The molecule has 0 saturated carbocycles. The first-order chi connectivity index (χ1) is 7.33. The summed E-state index contributed by atoms with van der Waals surface area (Å²) in [5.41, 5.74) is 0.633. The van der Waals surface area contributed by atoms with Crippen LogP contribution in [0.3, 0.4) is 0 Å². The zero-order valence-corrected chi connectivity index (χ0v) is 8.68. The molecule has 2 aromatic rings. The normalized spacial score (nSPS) is 11.0. The topological polar surface area (TPSA) is 51.3 Å². The third-order valence-electron chi connectivity index (χ3n) is 2.29. The molecule has 0 atom stereocenters. The van der Waals surface area contributed by atoms with E-state index in [1.54, 1.807) is 10.6 Å². The van der Waals surface area contributed by atoms with Gasteiger partial charge in [0.2, 0.25) is 0 Å². The largest absolute Gasteiger partial charge is 0.350 e. The van der Waals surface area contributed by atoms with Crippen molar-refractivity contribution in [3.05, 3.63) is 34.9 Å². The van der Waals surface area contributed by atoms with Crippen LogP contribution in [0.25, 0.3) is 5.65 Å². The highest BCUT2D eigenvalue weighted by Crippen LogP contribution is 1.95. The van der Waals surface area contributed by atoms with Crippen LogP contribution in [0.2, 0.25) is 0 Å². The van der Waals surface area contributed by atoms with Crippen LogP contribution in [0.1, 0.15) is 6.42 Å². The van der Waals surface area contributed by atoms with E-state index in [4.69, 9.17) is 0 Å². The van der Waals surface area contributed by atoms with Gasteiger partial charge in [-0.15, -0.1) is 5.10 Å². The molecule has 5 heteroatoms. The molecular weight excluding hydrogens is 192 g/mol. The number of hydrogen-bond acceptors (Lipinski definition) is 3. The zero-order valence-electron chi connectivity index (χ0n) is 8.68. The molecule has 0 saturated heterocycles. The van der Waals surface area contributed by atoms with E-state index in [-0.39, 0.29) is 5.69 Å². The molecule has 2 rings (SSSR count). The molecule has 0 radical (unpaired) electrons. The minimum atomic E-state index is -0.0679. The Morgan fingerprint density at radius 3 is 3.07 bits per heavy atom. The molecule has 0 aliphatic heterocycles. The van der Waals surface area contributed by atoms with Gasteiger partial charge in [-0.3, -0.25) is 4.40 Å². The number of aromatic nitrogens is 3. The summed E-state index contributed by atoms with van der Waals surface area (Å²) in [6.45, 7) is 1.54. The summed E-state index contributed by atoms with van der Waals surface area (Å²) in [4.78, 5) is 11.8. The summed E-state index contributed by atoms with van der Waals surface area (Å²) in [5.74, 6) is 0. The fraction of sp³-hybridized carbons (Fsp3) is 0.400. The maximum Gasteiger partial charge on any atom is 0.350 e. The molecule has 0 amide bonds. The van der Waals surface area contributed by atoms with Crippen LogP contribution in [-0.4, -0.2) is 27.8 Å². The Morgan fingerprint density at radius 2 is 2.33 bits per heavy atom. The molecule has 0 fully saturated rings. The second kappa shape index (κ2) is 4.27. The summed E-state index contributed by atoms with van der Waals surface area (Å²) in [5, 5.41) is 7.26. The Morgan fingerprint density at radius 1 is 1.47 bits per heavy atom. The smallest absolute Gasteiger partial charge is 0.320 e. The number of pyridine rings is 1. The average Bonchev–Trinajstić information content (AvgIpc) is 2.57. The Balaban J connectivity index is 2.28. The van der Waals surface area contributed by atoms with E-state index in [1.165, 1.54) is 4.68 Å². The van der Waals surface area contributed by atoms with E-state index in [2.05, 4.69) is 10.4 Å². The van der Waals surface area contributed by atoms with E-state index in [0.717, 1.165) is 13.0 Å². The lowest BCUT2D eigenvalue weighted by Gasteiger charge is -1.97. The lowest BCUT2D eigenvalue weighted by atomic mass is 10.4. The maximum absolute atomic E-state index is 11.8. The van der Waals surface area contributed by atoms with Gasteiger partial charge in [0, 0.05) is 12.7 Å². The molecule has 2 heterocycles. The SMILES string of the molecule is CNCCCn1nc2ccccn2c1=O. The van der Waals surface area contributed by atoms with Gasteiger partial charge in [-0.25, -0.2) is 9.48 Å². The summed E-state index contributed by atoms with van der Waals surface area (Å²) in [7, 11) is 1.90. The summed E-state index contributed by atoms with van der Waals surface area (Å²) in [6, 6.07) is 5.53. The minimum Gasteiger partial charge on any atom is -0.320 e. The number of nitrogens with one attached hydrogen (secondary N) is 1. The highest BCUT2D eigenvalue weighted by Gasteiger charge is 2.04. The maximum atomic E-state index is 11.8. The van der Waals surface area contributed by atoms with Crippen molar-refractivity contribution in [2.45, 2.75) is 13.0 Å². The quantitative estimate of drug-likeness (QED) is 0.722. The molecule has 1 N–H and O–H groups in total. The third-order valence-corrected chi connectivity index (χ3v) is 2.29. The molecule has 0 spiro atoms. The Bertz CT molecular complexity index is 499. The molecule has 0 unspecified atom stereocenters. The molecule has 15 heavy (non-hydrogen) atoms. The highest BCUT2D eigenvalue weighted by molar-refractivity contribution is 5.35. The van der Waals surface area contributed by atoms with E-state index in [9.17, 15) is 4.79 Å². The van der Waals surface area contributed by atoms with Crippen LogP contribution < -0.4 is 11.0 Å². The van der Waals surface area contributed by atoms with Crippen LogP contribution in [0.5, 0.6) is 0 Å². The molecule has 80 valence electrons. The fourth-order valence-corrected chi connectivity index (χ4v) is 1.52.